The van der Waals surface area contributed by atoms with Gasteiger partial charge in [0.15, 0.2) is 0 Å². The fourth-order valence-corrected chi connectivity index (χ4v) is 9.86. The molecule has 0 bridgehead atoms. The number of benzene rings is 8. The Labute approximate surface area is 313 Å². The predicted octanol–water partition coefficient (Wildman–Crippen LogP) is 13.6. The molecule has 8 aromatic carbocycles. The molecule has 0 fully saturated rings. The lowest BCUT2D eigenvalue weighted by atomic mass is 9.72. The third-order valence-electron chi connectivity index (χ3n) is 12.1. The Bertz CT molecular complexity index is 3120. The number of rotatable bonds is 3. The van der Waals surface area contributed by atoms with Gasteiger partial charge >= 0.3 is 0 Å². The molecule has 0 atom stereocenters. The van der Waals surface area contributed by atoms with Crippen molar-refractivity contribution in [3.05, 3.63) is 187 Å². The van der Waals surface area contributed by atoms with Gasteiger partial charge in [-0.3, -0.25) is 0 Å². The topological polar surface area (TPSA) is 13.1 Å². The fraction of sp³-hybridized carbons (Fsp3) is 0.0588. The van der Waals surface area contributed by atoms with Crippen LogP contribution in [0.4, 0.5) is 17.1 Å². The molecule has 0 saturated heterocycles. The van der Waals surface area contributed by atoms with Gasteiger partial charge in [0.1, 0.15) is 0 Å². The molecule has 12 rings (SSSR count). The van der Waals surface area contributed by atoms with Gasteiger partial charge in [0.2, 0.25) is 0 Å². The molecule has 0 aliphatic carbocycles. The molecule has 0 radical (unpaired) electrons. The van der Waals surface area contributed by atoms with Crippen molar-refractivity contribution >= 4 is 60.7 Å². The second-order valence-electron chi connectivity index (χ2n) is 15.4. The minimum atomic E-state index is -0.262. The van der Waals surface area contributed by atoms with E-state index >= 15 is 0 Å². The number of fused-ring (bicyclic) bond motifs is 11. The third kappa shape index (κ3) is 3.80. The molecule has 54 heavy (non-hydrogen) atoms. The van der Waals surface area contributed by atoms with Crippen molar-refractivity contribution < 1.29 is 0 Å². The van der Waals surface area contributed by atoms with E-state index in [1.807, 2.05) is 0 Å². The van der Waals surface area contributed by atoms with Gasteiger partial charge in [-0.25, -0.2) is 0 Å². The Kier molecular flexibility index (Phi) is 5.84. The summed E-state index contributed by atoms with van der Waals surface area (Å²) in [7, 11) is 0. The molecule has 0 N–H and O–H groups in total. The minimum Gasteiger partial charge on any atom is -0.309 e. The molecular formula is C51H35N3. The number of nitrogens with zero attached hydrogens (tertiary/aromatic N) is 3. The zero-order chi connectivity index (χ0) is 35.7. The van der Waals surface area contributed by atoms with Crippen LogP contribution in [0.3, 0.4) is 0 Å². The lowest BCUT2D eigenvalue weighted by Crippen LogP contribution is -2.28. The van der Waals surface area contributed by atoms with Crippen LogP contribution in [0.1, 0.15) is 25.0 Å². The SMILES string of the molecule is CC1(C)c2c(cc3c4c2c2ccccc2n4-c2ccccc2N3c2cc(-c3ccccc3)cc(-c3ccccc3)c2)-n2c3ccccc3c3cccc1c32. The first kappa shape index (κ1) is 29.7. The molecule has 3 heteroatoms. The van der Waals surface area contributed by atoms with Crippen LogP contribution in [0.25, 0.3) is 77.2 Å². The van der Waals surface area contributed by atoms with E-state index < -0.39 is 0 Å². The Balaban J connectivity index is 1.27. The minimum absolute atomic E-state index is 0.262. The molecule has 0 spiro atoms. The molecular weight excluding hydrogens is 655 g/mol. The van der Waals surface area contributed by atoms with Crippen molar-refractivity contribution in [3.8, 4) is 33.6 Å². The quantitative estimate of drug-likeness (QED) is 0.180. The normalized spacial score (nSPS) is 13.9. The molecule has 0 saturated carbocycles. The maximum Gasteiger partial charge on any atom is 0.0787 e. The summed E-state index contributed by atoms with van der Waals surface area (Å²) in [6.07, 6.45) is 0. The lowest BCUT2D eigenvalue weighted by molar-refractivity contribution is 0.637. The third-order valence-corrected chi connectivity index (χ3v) is 12.1. The summed E-state index contributed by atoms with van der Waals surface area (Å²) in [5.41, 5.74) is 18.2. The predicted molar refractivity (Wildman–Crippen MR) is 226 cm³/mol. The molecule has 10 aromatic rings. The van der Waals surface area contributed by atoms with Crippen LogP contribution < -0.4 is 4.90 Å². The van der Waals surface area contributed by atoms with E-state index in [1.54, 1.807) is 0 Å². The fourth-order valence-electron chi connectivity index (χ4n) is 9.86. The van der Waals surface area contributed by atoms with Gasteiger partial charge in [-0.15, -0.1) is 0 Å². The molecule has 4 heterocycles. The highest BCUT2D eigenvalue weighted by Crippen LogP contribution is 2.57. The van der Waals surface area contributed by atoms with Gasteiger partial charge in [0.05, 0.1) is 44.8 Å². The van der Waals surface area contributed by atoms with Gasteiger partial charge in [-0.1, -0.05) is 141 Å². The van der Waals surface area contributed by atoms with E-state index in [0.29, 0.717) is 0 Å². The van der Waals surface area contributed by atoms with Crippen LogP contribution in [0.2, 0.25) is 0 Å². The first-order chi connectivity index (χ1) is 26.6. The van der Waals surface area contributed by atoms with Gasteiger partial charge in [-0.05, 0) is 81.9 Å². The molecule has 2 aliphatic heterocycles. The summed E-state index contributed by atoms with van der Waals surface area (Å²) in [6.45, 7) is 4.86. The van der Waals surface area contributed by atoms with Crippen molar-refractivity contribution in [3.63, 3.8) is 0 Å². The number of aromatic nitrogens is 2. The number of para-hydroxylation sites is 5. The van der Waals surface area contributed by atoms with Crippen molar-refractivity contribution in [1.29, 1.82) is 0 Å². The van der Waals surface area contributed by atoms with Gasteiger partial charge in [0.25, 0.3) is 0 Å². The lowest BCUT2D eigenvalue weighted by Gasteiger charge is -2.39. The van der Waals surface area contributed by atoms with E-state index in [2.05, 4.69) is 204 Å². The first-order valence-electron chi connectivity index (χ1n) is 18.9. The molecule has 3 nitrogen and oxygen atoms in total. The largest absolute Gasteiger partial charge is 0.309 e. The first-order valence-corrected chi connectivity index (χ1v) is 18.9. The number of anilines is 3. The number of hydrogen-bond acceptors (Lipinski definition) is 1. The maximum atomic E-state index is 2.57. The Hall–Kier alpha value is -6.84. The van der Waals surface area contributed by atoms with Crippen LogP contribution in [-0.4, -0.2) is 9.13 Å². The van der Waals surface area contributed by atoms with E-state index in [0.717, 1.165) is 11.4 Å². The highest BCUT2D eigenvalue weighted by atomic mass is 15.2. The van der Waals surface area contributed by atoms with E-state index in [-0.39, 0.29) is 5.41 Å². The summed E-state index contributed by atoms with van der Waals surface area (Å²) in [5.74, 6) is 0. The van der Waals surface area contributed by atoms with Gasteiger partial charge in [0, 0.05) is 32.6 Å². The second kappa shape index (κ2) is 10.6. The van der Waals surface area contributed by atoms with E-state index in [9.17, 15) is 0 Å². The summed E-state index contributed by atoms with van der Waals surface area (Å²) < 4.78 is 5.10. The van der Waals surface area contributed by atoms with Crippen molar-refractivity contribution in [2.45, 2.75) is 19.3 Å². The standard InChI is InChI=1S/C51H35N3/c1-51(2)40-23-15-22-38-37-20-9-11-24-41(37)54(49(38)40)45-31-46-50-47(48(45)51)39-21-10-12-25-42(39)53(50)44-27-14-13-26-43(44)52(46)36-29-34(32-16-5-3-6-17-32)28-35(30-36)33-18-7-4-8-19-33/h3-31H,1-2H3. The molecule has 2 aromatic heterocycles. The van der Waals surface area contributed by atoms with Crippen molar-refractivity contribution in [2.75, 3.05) is 4.90 Å². The summed E-state index contributed by atoms with van der Waals surface area (Å²) >= 11 is 0. The monoisotopic (exact) mass is 689 g/mol. The summed E-state index contributed by atoms with van der Waals surface area (Å²) in [6, 6.07) is 65.0. The highest BCUT2D eigenvalue weighted by Gasteiger charge is 2.41. The average molecular weight is 690 g/mol. The smallest absolute Gasteiger partial charge is 0.0787 e. The average Bonchev–Trinajstić information content (AvgIpc) is 3.75. The highest BCUT2D eigenvalue weighted by molar-refractivity contribution is 6.21. The number of hydrogen-bond donors (Lipinski definition) is 0. The molecule has 0 amide bonds. The van der Waals surface area contributed by atoms with E-state index in [1.165, 1.54) is 94.1 Å². The second-order valence-corrected chi connectivity index (χ2v) is 15.4. The molecule has 0 unspecified atom stereocenters. The Morgan fingerprint density at radius 2 is 0.944 bits per heavy atom. The molecule has 2 aliphatic rings. The van der Waals surface area contributed by atoms with Crippen LogP contribution in [0, 0.1) is 0 Å². The Morgan fingerprint density at radius 3 is 1.65 bits per heavy atom. The zero-order valence-electron chi connectivity index (χ0n) is 30.1. The maximum absolute atomic E-state index is 2.57. The van der Waals surface area contributed by atoms with Crippen LogP contribution in [0.5, 0.6) is 0 Å². The Morgan fingerprint density at radius 1 is 0.389 bits per heavy atom. The van der Waals surface area contributed by atoms with Crippen molar-refractivity contribution in [2.24, 2.45) is 0 Å². The zero-order valence-corrected chi connectivity index (χ0v) is 30.1. The van der Waals surface area contributed by atoms with Crippen LogP contribution in [-0.2, 0) is 5.41 Å². The summed E-state index contributed by atoms with van der Waals surface area (Å²) in [4.78, 5) is 2.53. The van der Waals surface area contributed by atoms with Crippen molar-refractivity contribution in [1.82, 2.24) is 9.13 Å². The van der Waals surface area contributed by atoms with E-state index in [4.69, 9.17) is 0 Å². The van der Waals surface area contributed by atoms with Gasteiger partial charge in [-0.2, -0.15) is 0 Å². The van der Waals surface area contributed by atoms with Crippen LogP contribution in [0.15, 0.2) is 176 Å². The molecule has 254 valence electrons. The van der Waals surface area contributed by atoms with Crippen LogP contribution >= 0.6 is 0 Å². The van der Waals surface area contributed by atoms with Gasteiger partial charge < -0.3 is 14.0 Å². The summed E-state index contributed by atoms with van der Waals surface area (Å²) in [5, 5.41) is 5.21.